The van der Waals surface area contributed by atoms with Crippen LogP contribution >= 0.6 is 0 Å². The van der Waals surface area contributed by atoms with Gasteiger partial charge in [-0.1, -0.05) is 12.1 Å². The number of likely N-dealkylation sites (tertiary alicyclic amines) is 1. The second kappa shape index (κ2) is 6.97. The van der Waals surface area contributed by atoms with E-state index in [2.05, 4.69) is 15.3 Å². The quantitative estimate of drug-likeness (QED) is 0.908. The lowest BCUT2D eigenvalue weighted by Gasteiger charge is -2.37. The zero-order valence-electron chi connectivity index (χ0n) is 14.2. The van der Waals surface area contributed by atoms with Crippen LogP contribution in [0.15, 0.2) is 36.5 Å². The maximum absolute atomic E-state index is 13.8. The number of nitrogens with zero attached hydrogens (tertiary/aromatic N) is 3. The largest absolute Gasteiger partial charge is 0.347 e. The molecular formula is C18H19FN4O3. The van der Waals surface area contributed by atoms with Crippen molar-refractivity contribution in [2.24, 2.45) is 0 Å². The molecular weight excluding hydrogens is 339 g/mol. The highest BCUT2D eigenvalue weighted by Crippen LogP contribution is 2.31. The van der Waals surface area contributed by atoms with Gasteiger partial charge in [-0.25, -0.2) is 14.4 Å². The lowest BCUT2D eigenvalue weighted by molar-refractivity contribution is -0.181. The first-order valence-electron chi connectivity index (χ1n) is 8.57. The van der Waals surface area contributed by atoms with Crippen LogP contribution in [0.1, 0.15) is 23.3 Å². The van der Waals surface area contributed by atoms with E-state index < -0.39 is 11.6 Å². The Balaban J connectivity index is 1.44. The average molecular weight is 358 g/mol. The summed E-state index contributed by atoms with van der Waals surface area (Å²) < 4.78 is 25.1. The summed E-state index contributed by atoms with van der Waals surface area (Å²) >= 11 is 0. The van der Waals surface area contributed by atoms with Gasteiger partial charge in [-0.3, -0.25) is 4.79 Å². The van der Waals surface area contributed by atoms with Crippen LogP contribution in [0.3, 0.4) is 0 Å². The Morgan fingerprint density at radius 1 is 1.15 bits per heavy atom. The zero-order chi connectivity index (χ0) is 18.0. The highest BCUT2D eigenvalue weighted by Gasteiger charge is 2.41. The number of aromatic nitrogens is 2. The summed E-state index contributed by atoms with van der Waals surface area (Å²) in [6.45, 7) is 2.29. The summed E-state index contributed by atoms with van der Waals surface area (Å²) in [7, 11) is 0. The first-order chi connectivity index (χ1) is 12.7. The molecule has 8 heteroatoms. The first kappa shape index (κ1) is 16.9. The van der Waals surface area contributed by atoms with E-state index >= 15 is 0 Å². The second-order valence-corrected chi connectivity index (χ2v) is 6.27. The van der Waals surface area contributed by atoms with Gasteiger partial charge < -0.3 is 19.7 Å². The number of carbonyl (C=O) groups excluding carboxylic acids is 1. The molecule has 0 atom stereocenters. The summed E-state index contributed by atoms with van der Waals surface area (Å²) in [4.78, 5) is 22.7. The van der Waals surface area contributed by atoms with Crippen molar-refractivity contribution in [1.82, 2.24) is 14.9 Å². The summed E-state index contributed by atoms with van der Waals surface area (Å²) in [5.74, 6) is -0.945. The lowest BCUT2D eigenvalue weighted by atomic mass is 10.0. The Kier molecular flexibility index (Phi) is 4.52. The Bertz CT molecular complexity index is 801. The molecule has 1 aromatic heterocycles. The Hall–Kier alpha value is -2.58. The van der Waals surface area contributed by atoms with Crippen LogP contribution in [-0.4, -0.2) is 52.9 Å². The molecule has 2 aromatic rings. The van der Waals surface area contributed by atoms with Crippen LogP contribution in [0.2, 0.25) is 0 Å². The molecule has 0 bridgehead atoms. The normalized spacial score (nSPS) is 18.9. The minimum atomic E-state index is -0.528. The molecule has 26 heavy (non-hydrogen) atoms. The molecule has 2 aliphatic rings. The van der Waals surface area contributed by atoms with Crippen molar-refractivity contribution in [2.75, 3.05) is 31.6 Å². The number of para-hydroxylation sites is 1. The number of anilines is 2. The number of ether oxygens (including phenoxy) is 2. The highest BCUT2D eigenvalue weighted by atomic mass is 19.1. The van der Waals surface area contributed by atoms with Gasteiger partial charge >= 0.3 is 0 Å². The smallest absolute Gasteiger partial charge is 0.272 e. The Morgan fingerprint density at radius 2 is 1.88 bits per heavy atom. The standard InChI is InChI=1S/C18H19FN4O3/c19-13-3-1-2-4-14(13)21-17-20-8-5-15(22-17)16(24)23-9-6-18(7-10-23)25-11-12-26-18/h1-5,8H,6-7,9-12H2,(H,20,21,22). The number of piperidine rings is 1. The number of benzene rings is 1. The van der Waals surface area contributed by atoms with Crippen molar-refractivity contribution in [2.45, 2.75) is 18.6 Å². The van der Waals surface area contributed by atoms with E-state index in [4.69, 9.17) is 9.47 Å². The SMILES string of the molecule is O=C(c1ccnc(Nc2ccccc2F)n1)N1CCC2(CC1)OCCO2. The summed E-state index contributed by atoms with van der Waals surface area (Å²) in [5, 5.41) is 2.80. The van der Waals surface area contributed by atoms with Crippen LogP contribution in [0.25, 0.3) is 0 Å². The van der Waals surface area contributed by atoms with Crippen molar-refractivity contribution >= 4 is 17.5 Å². The molecule has 7 nitrogen and oxygen atoms in total. The van der Waals surface area contributed by atoms with E-state index in [1.54, 1.807) is 29.2 Å². The molecule has 4 rings (SSSR count). The molecule has 1 N–H and O–H groups in total. The van der Waals surface area contributed by atoms with E-state index in [9.17, 15) is 9.18 Å². The van der Waals surface area contributed by atoms with Crippen molar-refractivity contribution in [3.8, 4) is 0 Å². The van der Waals surface area contributed by atoms with Crippen molar-refractivity contribution in [3.05, 3.63) is 48.0 Å². The summed E-state index contributed by atoms with van der Waals surface area (Å²) in [6.07, 6.45) is 2.77. The zero-order valence-corrected chi connectivity index (χ0v) is 14.2. The Morgan fingerprint density at radius 3 is 2.62 bits per heavy atom. The van der Waals surface area contributed by atoms with Gasteiger partial charge in [0.1, 0.15) is 11.5 Å². The first-order valence-corrected chi connectivity index (χ1v) is 8.57. The number of amides is 1. The van der Waals surface area contributed by atoms with Gasteiger partial charge in [-0.15, -0.1) is 0 Å². The van der Waals surface area contributed by atoms with Crippen molar-refractivity contribution < 1.29 is 18.7 Å². The fraction of sp³-hybridized carbons (Fsp3) is 0.389. The van der Waals surface area contributed by atoms with Crippen LogP contribution < -0.4 is 5.32 Å². The maximum Gasteiger partial charge on any atom is 0.272 e. The molecule has 0 aliphatic carbocycles. The molecule has 136 valence electrons. The number of rotatable bonds is 3. The molecule has 1 amide bonds. The van der Waals surface area contributed by atoms with Gasteiger partial charge in [0.25, 0.3) is 5.91 Å². The van der Waals surface area contributed by atoms with E-state index in [-0.39, 0.29) is 23.2 Å². The minimum absolute atomic E-state index is 0.178. The summed E-state index contributed by atoms with van der Waals surface area (Å²) in [5.41, 5.74) is 0.524. The monoisotopic (exact) mass is 358 g/mol. The third-order valence-corrected chi connectivity index (χ3v) is 4.62. The molecule has 2 saturated heterocycles. The summed E-state index contributed by atoms with van der Waals surface area (Å²) in [6, 6.07) is 7.79. The van der Waals surface area contributed by atoms with Gasteiger partial charge in [0.15, 0.2) is 5.79 Å². The number of hydrogen-bond acceptors (Lipinski definition) is 6. The molecule has 0 unspecified atom stereocenters. The predicted molar refractivity (Wildman–Crippen MR) is 91.5 cm³/mol. The maximum atomic E-state index is 13.8. The van der Waals surface area contributed by atoms with Crippen LogP contribution in [0.4, 0.5) is 16.0 Å². The Labute approximate surface area is 150 Å². The molecule has 2 fully saturated rings. The molecule has 3 heterocycles. The van der Waals surface area contributed by atoms with E-state index in [1.807, 2.05) is 0 Å². The van der Waals surface area contributed by atoms with E-state index in [0.717, 1.165) is 0 Å². The third-order valence-electron chi connectivity index (χ3n) is 4.62. The topological polar surface area (TPSA) is 76.6 Å². The molecule has 0 saturated carbocycles. The molecule has 1 aromatic carbocycles. The van der Waals surface area contributed by atoms with Gasteiger partial charge in [0.2, 0.25) is 5.95 Å². The second-order valence-electron chi connectivity index (χ2n) is 6.27. The van der Waals surface area contributed by atoms with Crippen LogP contribution in [0.5, 0.6) is 0 Å². The lowest BCUT2D eigenvalue weighted by Crippen LogP contribution is -2.47. The van der Waals surface area contributed by atoms with Crippen LogP contribution in [0, 0.1) is 5.82 Å². The number of hydrogen-bond donors (Lipinski definition) is 1. The van der Waals surface area contributed by atoms with Gasteiger partial charge in [0.05, 0.1) is 18.9 Å². The minimum Gasteiger partial charge on any atom is -0.347 e. The molecule has 1 spiro atoms. The predicted octanol–water partition coefficient (Wildman–Crippen LogP) is 2.34. The van der Waals surface area contributed by atoms with E-state index in [0.29, 0.717) is 39.1 Å². The fourth-order valence-corrected chi connectivity index (χ4v) is 3.22. The van der Waals surface area contributed by atoms with Crippen LogP contribution in [-0.2, 0) is 9.47 Å². The molecule has 0 radical (unpaired) electrons. The van der Waals surface area contributed by atoms with E-state index in [1.165, 1.54) is 12.3 Å². The molecule has 2 aliphatic heterocycles. The number of halogens is 1. The van der Waals surface area contributed by atoms with Crippen molar-refractivity contribution in [3.63, 3.8) is 0 Å². The fourth-order valence-electron chi connectivity index (χ4n) is 3.22. The van der Waals surface area contributed by atoms with Gasteiger partial charge in [-0.05, 0) is 18.2 Å². The van der Waals surface area contributed by atoms with Gasteiger partial charge in [-0.2, -0.15) is 0 Å². The van der Waals surface area contributed by atoms with Crippen molar-refractivity contribution in [1.29, 1.82) is 0 Å². The highest BCUT2D eigenvalue weighted by molar-refractivity contribution is 5.92. The third kappa shape index (κ3) is 3.38. The number of nitrogens with one attached hydrogen (secondary N) is 1. The van der Waals surface area contributed by atoms with Gasteiger partial charge in [0, 0.05) is 32.1 Å². The average Bonchev–Trinajstić information content (AvgIpc) is 3.12. The number of carbonyl (C=O) groups is 1.